The normalized spacial score (nSPS) is 12.7. The average molecular weight is 344 g/mol. The first-order valence-corrected chi connectivity index (χ1v) is 8.82. The van der Waals surface area contributed by atoms with Crippen molar-refractivity contribution in [2.75, 3.05) is 16.8 Å². The highest BCUT2D eigenvalue weighted by molar-refractivity contribution is 6.05. The molecule has 2 aromatic carbocycles. The van der Waals surface area contributed by atoms with Crippen LogP contribution in [0.1, 0.15) is 28.5 Å². The third-order valence-electron chi connectivity index (χ3n) is 4.64. The van der Waals surface area contributed by atoms with Gasteiger partial charge in [0.1, 0.15) is 11.5 Å². The Morgan fingerprint density at radius 3 is 2.62 bits per heavy atom. The largest absolute Gasteiger partial charge is 0.339 e. The van der Waals surface area contributed by atoms with Crippen LogP contribution in [0, 0.1) is 0 Å². The molecule has 0 saturated carbocycles. The van der Waals surface area contributed by atoms with E-state index in [1.165, 1.54) is 17.3 Å². The van der Waals surface area contributed by atoms with E-state index in [0.717, 1.165) is 24.2 Å². The predicted octanol–water partition coefficient (Wildman–Crippen LogP) is 3.99. The number of anilines is 3. The lowest BCUT2D eigenvalue weighted by Crippen LogP contribution is -2.29. The van der Waals surface area contributed by atoms with Crippen LogP contribution in [0.4, 0.5) is 17.2 Å². The molecule has 2 heterocycles. The van der Waals surface area contributed by atoms with Crippen LogP contribution in [0.2, 0.25) is 0 Å². The summed E-state index contributed by atoms with van der Waals surface area (Å²) < 4.78 is 0. The van der Waals surface area contributed by atoms with Gasteiger partial charge >= 0.3 is 0 Å². The van der Waals surface area contributed by atoms with Crippen molar-refractivity contribution < 1.29 is 4.79 Å². The Balaban J connectivity index is 1.48. The topological polar surface area (TPSA) is 58.1 Å². The van der Waals surface area contributed by atoms with Crippen molar-refractivity contribution in [3.8, 4) is 0 Å². The molecule has 1 aromatic heterocycles. The van der Waals surface area contributed by atoms with Gasteiger partial charge in [0, 0.05) is 17.9 Å². The second kappa shape index (κ2) is 6.96. The van der Waals surface area contributed by atoms with Gasteiger partial charge in [0.25, 0.3) is 5.91 Å². The summed E-state index contributed by atoms with van der Waals surface area (Å²) in [6.45, 7) is 2.81. The Bertz CT molecular complexity index is 920. The number of nitrogens with zero attached hydrogens (tertiary/aromatic N) is 3. The van der Waals surface area contributed by atoms with Crippen LogP contribution >= 0.6 is 0 Å². The zero-order valence-corrected chi connectivity index (χ0v) is 14.6. The van der Waals surface area contributed by atoms with E-state index in [-0.39, 0.29) is 5.91 Å². The second-order valence-corrected chi connectivity index (χ2v) is 6.30. The van der Waals surface area contributed by atoms with E-state index in [4.69, 9.17) is 0 Å². The molecule has 4 rings (SSSR count). The minimum atomic E-state index is -0.110. The van der Waals surface area contributed by atoms with E-state index in [0.29, 0.717) is 18.1 Å². The summed E-state index contributed by atoms with van der Waals surface area (Å²) in [6, 6.07) is 16.2. The number of para-hydroxylation sites is 1. The van der Waals surface area contributed by atoms with Crippen LogP contribution in [-0.2, 0) is 12.8 Å². The minimum absolute atomic E-state index is 0.110. The zero-order chi connectivity index (χ0) is 17.9. The summed E-state index contributed by atoms with van der Waals surface area (Å²) in [5, 5.41) is 3.21. The SMILES string of the molecule is CCc1ccc(Nc2cnc(C(=O)N3CCc4ccccc43)cn2)cc1. The van der Waals surface area contributed by atoms with Crippen molar-refractivity contribution in [3.05, 3.63) is 77.7 Å². The quantitative estimate of drug-likeness (QED) is 0.777. The van der Waals surface area contributed by atoms with Gasteiger partial charge in [-0.25, -0.2) is 9.97 Å². The number of nitrogens with one attached hydrogen (secondary N) is 1. The number of carbonyl (C=O) groups is 1. The van der Waals surface area contributed by atoms with Crippen LogP contribution in [0.15, 0.2) is 60.9 Å². The molecule has 0 spiro atoms. The number of fused-ring (bicyclic) bond motifs is 1. The molecule has 0 fully saturated rings. The highest BCUT2D eigenvalue weighted by atomic mass is 16.2. The molecular formula is C21H20N4O. The van der Waals surface area contributed by atoms with E-state index >= 15 is 0 Å². The van der Waals surface area contributed by atoms with Gasteiger partial charge < -0.3 is 10.2 Å². The average Bonchev–Trinajstić information content (AvgIpc) is 3.13. The molecule has 3 aromatic rings. The van der Waals surface area contributed by atoms with E-state index in [9.17, 15) is 4.79 Å². The molecule has 1 aliphatic rings. The molecule has 26 heavy (non-hydrogen) atoms. The maximum Gasteiger partial charge on any atom is 0.278 e. The fourth-order valence-electron chi connectivity index (χ4n) is 3.16. The summed E-state index contributed by atoms with van der Waals surface area (Å²) in [5.74, 6) is 0.508. The molecule has 0 radical (unpaired) electrons. The number of aromatic nitrogens is 2. The number of hydrogen-bond acceptors (Lipinski definition) is 4. The maximum atomic E-state index is 12.8. The van der Waals surface area contributed by atoms with E-state index in [2.05, 4.69) is 40.4 Å². The first-order valence-electron chi connectivity index (χ1n) is 8.82. The molecule has 0 unspecified atom stereocenters. The first-order chi connectivity index (χ1) is 12.7. The smallest absolute Gasteiger partial charge is 0.278 e. The van der Waals surface area contributed by atoms with Gasteiger partial charge in [-0.05, 0) is 42.2 Å². The molecule has 0 aliphatic carbocycles. The fraction of sp³-hybridized carbons (Fsp3) is 0.190. The van der Waals surface area contributed by atoms with Gasteiger partial charge in [0.15, 0.2) is 0 Å². The van der Waals surface area contributed by atoms with Gasteiger partial charge in [-0.15, -0.1) is 0 Å². The van der Waals surface area contributed by atoms with Crippen LogP contribution < -0.4 is 10.2 Å². The highest BCUT2D eigenvalue weighted by Gasteiger charge is 2.26. The Morgan fingerprint density at radius 2 is 1.88 bits per heavy atom. The van der Waals surface area contributed by atoms with Gasteiger partial charge in [-0.3, -0.25) is 4.79 Å². The molecule has 5 nitrogen and oxygen atoms in total. The summed E-state index contributed by atoms with van der Waals surface area (Å²) in [4.78, 5) is 23.2. The summed E-state index contributed by atoms with van der Waals surface area (Å²) in [6.07, 6.45) is 5.02. The zero-order valence-electron chi connectivity index (χ0n) is 14.6. The summed E-state index contributed by atoms with van der Waals surface area (Å²) >= 11 is 0. The fourth-order valence-corrected chi connectivity index (χ4v) is 3.16. The van der Waals surface area contributed by atoms with Crippen LogP contribution in [-0.4, -0.2) is 22.4 Å². The van der Waals surface area contributed by atoms with Crippen molar-refractivity contribution in [1.29, 1.82) is 0 Å². The maximum absolute atomic E-state index is 12.8. The summed E-state index contributed by atoms with van der Waals surface area (Å²) in [7, 11) is 0. The third-order valence-corrected chi connectivity index (χ3v) is 4.64. The Labute approximate surface area is 152 Å². The van der Waals surface area contributed by atoms with Crippen LogP contribution in [0.5, 0.6) is 0 Å². The Morgan fingerprint density at radius 1 is 1.08 bits per heavy atom. The van der Waals surface area contributed by atoms with Crippen molar-refractivity contribution in [2.45, 2.75) is 19.8 Å². The van der Waals surface area contributed by atoms with Crippen LogP contribution in [0.25, 0.3) is 0 Å². The molecule has 0 atom stereocenters. The van der Waals surface area contributed by atoms with E-state index < -0.39 is 0 Å². The Kier molecular flexibility index (Phi) is 4.35. The lowest BCUT2D eigenvalue weighted by atomic mass is 10.1. The molecular weight excluding hydrogens is 324 g/mol. The number of hydrogen-bond donors (Lipinski definition) is 1. The second-order valence-electron chi connectivity index (χ2n) is 6.30. The number of rotatable bonds is 4. The van der Waals surface area contributed by atoms with E-state index in [1.54, 1.807) is 11.1 Å². The number of amides is 1. The molecule has 0 saturated heterocycles. The third kappa shape index (κ3) is 3.16. The Hall–Kier alpha value is -3.21. The van der Waals surface area contributed by atoms with Crippen LogP contribution in [0.3, 0.4) is 0 Å². The molecule has 5 heteroatoms. The first kappa shape index (κ1) is 16.3. The molecule has 1 N–H and O–H groups in total. The number of benzene rings is 2. The molecule has 1 amide bonds. The number of carbonyl (C=O) groups excluding carboxylic acids is 1. The summed E-state index contributed by atoms with van der Waals surface area (Å²) in [5.41, 5.74) is 4.76. The van der Waals surface area contributed by atoms with Crippen molar-refractivity contribution in [1.82, 2.24) is 9.97 Å². The van der Waals surface area contributed by atoms with Crippen molar-refractivity contribution in [2.24, 2.45) is 0 Å². The van der Waals surface area contributed by atoms with E-state index in [1.807, 2.05) is 30.3 Å². The lowest BCUT2D eigenvalue weighted by Gasteiger charge is -2.16. The predicted molar refractivity (Wildman–Crippen MR) is 103 cm³/mol. The monoisotopic (exact) mass is 344 g/mol. The standard InChI is InChI=1S/C21H20N4O/c1-2-15-7-9-17(10-8-15)24-20-14-22-18(13-23-20)21(26)25-12-11-16-5-3-4-6-19(16)25/h3-10,13-14H,2,11-12H2,1H3,(H,23,24). The van der Waals surface area contributed by atoms with Gasteiger partial charge in [0.05, 0.1) is 12.4 Å². The van der Waals surface area contributed by atoms with Gasteiger partial charge in [-0.1, -0.05) is 37.3 Å². The highest BCUT2D eigenvalue weighted by Crippen LogP contribution is 2.28. The molecule has 1 aliphatic heterocycles. The van der Waals surface area contributed by atoms with Crippen molar-refractivity contribution >= 4 is 23.1 Å². The molecule has 0 bridgehead atoms. The van der Waals surface area contributed by atoms with Gasteiger partial charge in [0.2, 0.25) is 0 Å². The number of aryl methyl sites for hydroxylation is 1. The minimum Gasteiger partial charge on any atom is -0.339 e. The van der Waals surface area contributed by atoms with Crippen molar-refractivity contribution in [3.63, 3.8) is 0 Å². The van der Waals surface area contributed by atoms with Gasteiger partial charge in [-0.2, -0.15) is 0 Å². The molecule has 130 valence electrons. The lowest BCUT2D eigenvalue weighted by molar-refractivity contribution is 0.0984.